The third-order valence-corrected chi connectivity index (χ3v) is 4.03. The second-order valence-electron chi connectivity index (χ2n) is 5.29. The molecule has 0 saturated carbocycles. The second-order valence-corrected chi connectivity index (χ2v) is 7.12. The van der Waals surface area contributed by atoms with E-state index in [1.807, 2.05) is 6.92 Å². The van der Waals surface area contributed by atoms with Crippen LogP contribution in [0.2, 0.25) is 0 Å². The van der Waals surface area contributed by atoms with Gasteiger partial charge in [-0.1, -0.05) is 12.1 Å². The van der Waals surface area contributed by atoms with Gasteiger partial charge in [-0.05, 0) is 24.6 Å². The first-order valence-corrected chi connectivity index (χ1v) is 8.94. The molecular weight excluding hydrogens is 342 g/mol. The summed E-state index contributed by atoms with van der Waals surface area (Å²) in [7, 11) is -3.21. The molecule has 3 N–H and O–H groups in total. The highest BCUT2D eigenvalue weighted by Crippen LogP contribution is 2.12. The van der Waals surface area contributed by atoms with Gasteiger partial charge in [-0.25, -0.2) is 13.1 Å². The van der Waals surface area contributed by atoms with E-state index < -0.39 is 10.0 Å². The third kappa shape index (κ3) is 6.44. The zero-order valence-electron chi connectivity index (χ0n) is 13.0. The first-order chi connectivity index (χ1) is 10.3. The van der Waals surface area contributed by atoms with Crippen molar-refractivity contribution in [3.63, 3.8) is 0 Å². The summed E-state index contributed by atoms with van der Waals surface area (Å²) in [5.74, 6) is -0.144. The highest BCUT2D eigenvalue weighted by Gasteiger charge is 2.28. The zero-order valence-corrected chi connectivity index (χ0v) is 14.7. The molecule has 0 unspecified atom stereocenters. The molecule has 0 aliphatic carbocycles. The van der Waals surface area contributed by atoms with Gasteiger partial charge in [0.05, 0.1) is 19.0 Å². The molecule has 1 saturated heterocycles. The Balaban J connectivity index is 0.00000264. The number of nitrogens with one attached hydrogen (secondary N) is 3. The van der Waals surface area contributed by atoms with Gasteiger partial charge in [0.2, 0.25) is 15.9 Å². The van der Waals surface area contributed by atoms with Gasteiger partial charge in [0.15, 0.2) is 0 Å². The molecule has 1 aliphatic heterocycles. The van der Waals surface area contributed by atoms with E-state index in [1.165, 1.54) is 0 Å². The van der Waals surface area contributed by atoms with E-state index in [1.54, 1.807) is 24.3 Å². The molecule has 1 heterocycles. The summed E-state index contributed by atoms with van der Waals surface area (Å²) >= 11 is 0. The Kier molecular flexibility index (Phi) is 7.43. The van der Waals surface area contributed by atoms with Crippen LogP contribution in [0, 0.1) is 0 Å². The topological polar surface area (TPSA) is 96.5 Å². The molecule has 0 bridgehead atoms. The van der Waals surface area contributed by atoms with Crippen LogP contribution in [0.25, 0.3) is 0 Å². The molecule has 9 heteroatoms. The molecule has 2 rings (SSSR count). The second kappa shape index (κ2) is 8.60. The van der Waals surface area contributed by atoms with E-state index in [4.69, 9.17) is 4.74 Å². The van der Waals surface area contributed by atoms with Crippen LogP contribution in [-0.2, 0) is 26.1 Å². The molecule has 1 aromatic rings. The summed E-state index contributed by atoms with van der Waals surface area (Å²) in [5.41, 5.74) is 1.48. The van der Waals surface area contributed by atoms with E-state index in [9.17, 15) is 13.2 Å². The summed E-state index contributed by atoms with van der Waals surface area (Å²) in [5, 5.41) is 5.94. The Bertz CT molecular complexity index is 621. The maximum atomic E-state index is 12.2. The van der Waals surface area contributed by atoms with Crippen LogP contribution >= 0.6 is 12.4 Å². The Hall–Kier alpha value is -1.19. The van der Waals surface area contributed by atoms with Crippen LogP contribution in [0.3, 0.4) is 0 Å². The number of sulfonamides is 1. The summed E-state index contributed by atoms with van der Waals surface area (Å²) in [6, 6.07) is 6.64. The van der Waals surface area contributed by atoms with Gasteiger partial charge in [0.1, 0.15) is 6.04 Å². The molecule has 1 aliphatic rings. The van der Waals surface area contributed by atoms with Gasteiger partial charge in [0, 0.05) is 18.8 Å². The maximum absolute atomic E-state index is 12.2. The predicted molar refractivity (Wildman–Crippen MR) is 91.2 cm³/mol. The van der Waals surface area contributed by atoms with Crippen LogP contribution in [0.5, 0.6) is 0 Å². The standard InChI is InChI=1S/C14H21N3O4S.ClH/c1-10-13(15-7-8-21-10)14(18)17-12-5-3-11(4-6-12)9-16-22(2,19)20;/h3-6,10,13,15-16H,7-9H2,1-2H3,(H,17,18);1H/t10-,13+;/m1./s1. The van der Waals surface area contributed by atoms with Crippen LogP contribution in [0.15, 0.2) is 24.3 Å². The lowest BCUT2D eigenvalue weighted by atomic mass is 10.1. The fourth-order valence-corrected chi connectivity index (χ4v) is 2.60. The molecule has 2 atom stereocenters. The van der Waals surface area contributed by atoms with Gasteiger partial charge in [-0.2, -0.15) is 0 Å². The Morgan fingerprint density at radius 3 is 2.57 bits per heavy atom. The molecule has 1 amide bonds. The number of carbonyl (C=O) groups excluding carboxylic acids is 1. The first-order valence-electron chi connectivity index (χ1n) is 7.04. The van der Waals surface area contributed by atoms with Crippen LogP contribution in [-0.4, -0.2) is 45.9 Å². The lowest BCUT2D eigenvalue weighted by Crippen LogP contribution is -2.53. The highest BCUT2D eigenvalue weighted by atomic mass is 35.5. The van der Waals surface area contributed by atoms with E-state index in [2.05, 4.69) is 15.4 Å². The number of ether oxygens (including phenoxy) is 1. The van der Waals surface area contributed by atoms with E-state index in [-0.39, 0.29) is 37.0 Å². The number of amides is 1. The van der Waals surface area contributed by atoms with Crippen molar-refractivity contribution < 1.29 is 17.9 Å². The van der Waals surface area contributed by atoms with Crippen molar-refractivity contribution in [3.8, 4) is 0 Å². The summed E-state index contributed by atoms with van der Waals surface area (Å²) in [6.07, 6.45) is 0.939. The number of halogens is 1. The minimum Gasteiger partial charge on any atom is -0.375 e. The first kappa shape index (κ1) is 19.9. The van der Waals surface area contributed by atoms with Crippen LogP contribution in [0.1, 0.15) is 12.5 Å². The largest absolute Gasteiger partial charge is 0.375 e. The SMILES string of the molecule is C[C@H]1OCCN[C@@H]1C(=O)Nc1ccc(CNS(C)(=O)=O)cc1.Cl. The van der Waals surface area contributed by atoms with Crippen LogP contribution in [0.4, 0.5) is 5.69 Å². The molecule has 130 valence electrons. The Morgan fingerprint density at radius 2 is 2.00 bits per heavy atom. The molecule has 1 aromatic carbocycles. The maximum Gasteiger partial charge on any atom is 0.244 e. The fourth-order valence-electron chi connectivity index (χ4n) is 2.17. The smallest absolute Gasteiger partial charge is 0.244 e. The van der Waals surface area contributed by atoms with Gasteiger partial charge in [-0.15, -0.1) is 12.4 Å². The number of anilines is 1. The number of carbonyl (C=O) groups is 1. The van der Waals surface area contributed by atoms with E-state index in [0.29, 0.717) is 18.8 Å². The molecule has 1 fully saturated rings. The lowest BCUT2D eigenvalue weighted by molar-refractivity contribution is -0.123. The van der Waals surface area contributed by atoms with E-state index in [0.717, 1.165) is 11.8 Å². The summed E-state index contributed by atoms with van der Waals surface area (Å²) < 4.78 is 29.9. The predicted octanol–water partition coefficient (Wildman–Crippen LogP) is 0.473. The van der Waals surface area contributed by atoms with Crippen LogP contribution < -0.4 is 15.4 Å². The van der Waals surface area contributed by atoms with Gasteiger partial charge < -0.3 is 15.4 Å². The molecule has 23 heavy (non-hydrogen) atoms. The van der Waals surface area contributed by atoms with E-state index >= 15 is 0 Å². The van der Waals surface area contributed by atoms with Gasteiger partial charge in [-0.3, -0.25) is 4.79 Å². The molecule has 0 spiro atoms. The number of hydrogen-bond acceptors (Lipinski definition) is 5. The Morgan fingerprint density at radius 1 is 1.35 bits per heavy atom. The average Bonchev–Trinajstić information content (AvgIpc) is 2.46. The normalized spacial score (nSPS) is 21.3. The fraction of sp³-hybridized carbons (Fsp3) is 0.500. The lowest BCUT2D eigenvalue weighted by Gasteiger charge is -2.29. The number of hydrogen-bond donors (Lipinski definition) is 3. The van der Waals surface area contributed by atoms with Crippen molar-refractivity contribution in [2.24, 2.45) is 0 Å². The Labute approximate surface area is 142 Å². The number of benzene rings is 1. The molecule has 0 aromatic heterocycles. The minimum atomic E-state index is -3.21. The molecule has 0 radical (unpaired) electrons. The average molecular weight is 364 g/mol. The van der Waals surface area contributed by atoms with Crippen molar-refractivity contribution in [2.75, 3.05) is 24.7 Å². The summed E-state index contributed by atoms with van der Waals surface area (Å²) in [4.78, 5) is 12.2. The molecule has 7 nitrogen and oxygen atoms in total. The van der Waals surface area contributed by atoms with Crippen molar-refractivity contribution in [1.29, 1.82) is 0 Å². The quantitative estimate of drug-likeness (QED) is 0.706. The van der Waals surface area contributed by atoms with Gasteiger partial charge >= 0.3 is 0 Å². The minimum absolute atomic E-state index is 0. The summed E-state index contributed by atoms with van der Waals surface area (Å²) in [6.45, 7) is 3.34. The third-order valence-electron chi connectivity index (χ3n) is 3.36. The van der Waals surface area contributed by atoms with Crippen molar-refractivity contribution in [2.45, 2.75) is 25.6 Å². The monoisotopic (exact) mass is 363 g/mol. The number of rotatable bonds is 5. The van der Waals surface area contributed by atoms with Crippen molar-refractivity contribution in [1.82, 2.24) is 10.0 Å². The highest BCUT2D eigenvalue weighted by molar-refractivity contribution is 7.88. The van der Waals surface area contributed by atoms with Crippen molar-refractivity contribution >= 4 is 34.0 Å². The van der Waals surface area contributed by atoms with Gasteiger partial charge in [0.25, 0.3) is 0 Å². The van der Waals surface area contributed by atoms with Crippen molar-refractivity contribution in [3.05, 3.63) is 29.8 Å². The zero-order chi connectivity index (χ0) is 16.2. The number of morpholine rings is 1. The molecular formula is C14H22ClN3O4S.